The fourth-order valence-corrected chi connectivity index (χ4v) is 4.00. The van der Waals surface area contributed by atoms with Gasteiger partial charge in [-0.05, 0) is 55.2 Å². The van der Waals surface area contributed by atoms with Crippen molar-refractivity contribution in [3.63, 3.8) is 0 Å². The van der Waals surface area contributed by atoms with Gasteiger partial charge >= 0.3 is 0 Å². The van der Waals surface area contributed by atoms with E-state index in [1.54, 1.807) is 12.0 Å². The average Bonchev–Trinajstić information content (AvgIpc) is 2.94. The van der Waals surface area contributed by atoms with Crippen LogP contribution in [-0.4, -0.2) is 42.5 Å². The van der Waals surface area contributed by atoms with E-state index in [0.29, 0.717) is 26.0 Å². The van der Waals surface area contributed by atoms with Crippen molar-refractivity contribution < 1.29 is 19.1 Å². The van der Waals surface area contributed by atoms with E-state index in [1.807, 2.05) is 98.8 Å². The minimum atomic E-state index is -0.619. The van der Waals surface area contributed by atoms with Crippen LogP contribution >= 0.6 is 0 Å². The van der Waals surface area contributed by atoms with Gasteiger partial charge in [-0.15, -0.1) is 0 Å². The summed E-state index contributed by atoms with van der Waals surface area (Å²) < 4.78 is 11.0. The molecule has 196 valence electrons. The summed E-state index contributed by atoms with van der Waals surface area (Å²) in [7, 11) is 1.62. The maximum atomic E-state index is 13.6. The van der Waals surface area contributed by atoms with Gasteiger partial charge in [0, 0.05) is 25.4 Å². The van der Waals surface area contributed by atoms with Gasteiger partial charge in [0.15, 0.2) is 0 Å². The van der Waals surface area contributed by atoms with E-state index in [4.69, 9.17) is 9.47 Å². The molecule has 0 radical (unpaired) electrons. The molecule has 1 N–H and O–H groups in total. The highest BCUT2D eigenvalue weighted by Gasteiger charge is 2.30. The number of hydrogen-bond acceptors (Lipinski definition) is 4. The van der Waals surface area contributed by atoms with Crippen LogP contribution in [0.3, 0.4) is 0 Å². The lowest BCUT2D eigenvalue weighted by Crippen LogP contribution is -2.52. The zero-order valence-corrected chi connectivity index (χ0v) is 22.1. The predicted molar refractivity (Wildman–Crippen MR) is 147 cm³/mol. The lowest BCUT2D eigenvalue weighted by molar-refractivity contribution is -0.141. The number of nitrogens with one attached hydrogen (secondary N) is 1. The van der Waals surface area contributed by atoms with Crippen molar-refractivity contribution >= 4 is 11.8 Å². The van der Waals surface area contributed by atoms with Gasteiger partial charge in [0.2, 0.25) is 11.8 Å². The second kappa shape index (κ2) is 14.7. The number of carbonyl (C=O) groups is 2. The van der Waals surface area contributed by atoms with Crippen molar-refractivity contribution in [2.45, 2.75) is 58.2 Å². The first-order valence-corrected chi connectivity index (χ1v) is 12.9. The minimum Gasteiger partial charge on any atom is -0.497 e. The monoisotopic (exact) mass is 502 g/mol. The summed E-state index contributed by atoms with van der Waals surface area (Å²) in [5, 5.41) is 3.10. The van der Waals surface area contributed by atoms with Crippen molar-refractivity contribution in [2.75, 3.05) is 13.7 Å². The van der Waals surface area contributed by atoms with E-state index in [9.17, 15) is 9.59 Å². The minimum absolute atomic E-state index is 0.0253. The molecule has 0 aliphatic carbocycles. The van der Waals surface area contributed by atoms with Crippen molar-refractivity contribution in [3.05, 3.63) is 96.1 Å². The third kappa shape index (κ3) is 8.98. The van der Waals surface area contributed by atoms with E-state index < -0.39 is 6.04 Å². The van der Waals surface area contributed by atoms with Crippen molar-refractivity contribution in [2.24, 2.45) is 0 Å². The maximum absolute atomic E-state index is 13.6. The maximum Gasteiger partial charge on any atom is 0.243 e. The second-order valence-electron chi connectivity index (χ2n) is 9.16. The Bertz CT molecular complexity index is 1090. The molecule has 3 aromatic rings. The Labute approximate surface area is 220 Å². The third-order valence-corrected chi connectivity index (χ3v) is 6.33. The van der Waals surface area contributed by atoms with Crippen LogP contribution in [0.2, 0.25) is 0 Å². The van der Waals surface area contributed by atoms with Crippen LogP contribution in [0.5, 0.6) is 11.5 Å². The first-order valence-electron chi connectivity index (χ1n) is 12.9. The van der Waals surface area contributed by atoms with Crippen LogP contribution in [0.15, 0.2) is 84.9 Å². The van der Waals surface area contributed by atoms with E-state index in [-0.39, 0.29) is 24.3 Å². The van der Waals surface area contributed by atoms with E-state index in [1.165, 1.54) is 0 Å². The quantitative estimate of drug-likeness (QED) is 0.299. The van der Waals surface area contributed by atoms with Gasteiger partial charge in [-0.25, -0.2) is 0 Å². The molecule has 0 aliphatic rings. The van der Waals surface area contributed by atoms with Gasteiger partial charge in [0.05, 0.1) is 13.7 Å². The van der Waals surface area contributed by atoms with Crippen LogP contribution in [0.1, 0.15) is 44.2 Å². The fourth-order valence-electron chi connectivity index (χ4n) is 4.00. The number of rotatable bonds is 14. The van der Waals surface area contributed by atoms with Crippen LogP contribution in [0, 0.1) is 0 Å². The molecule has 3 rings (SSSR count). The summed E-state index contributed by atoms with van der Waals surface area (Å²) in [4.78, 5) is 28.8. The molecule has 0 aliphatic heterocycles. The zero-order chi connectivity index (χ0) is 26.5. The molecule has 0 aromatic heterocycles. The van der Waals surface area contributed by atoms with E-state index in [2.05, 4.69) is 5.32 Å². The molecular formula is C31H38N2O4. The molecule has 0 spiro atoms. The van der Waals surface area contributed by atoms with Crippen molar-refractivity contribution in [1.82, 2.24) is 10.2 Å². The number of methoxy groups -OCH3 is 1. The molecule has 0 saturated carbocycles. The number of benzene rings is 3. The summed E-state index contributed by atoms with van der Waals surface area (Å²) in [5.41, 5.74) is 2.00. The Morgan fingerprint density at radius 3 is 2.05 bits per heavy atom. The molecule has 0 heterocycles. The molecule has 0 unspecified atom stereocenters. The van der Waals surface area contributed by atoms with Crippen molar-refractivity contribution in [3.8, 4) is 11.5 Å². The van der Waals surface area contributed by atoms with Gasteiger partial charge in [-0.2, -0.15) is 0 Å². The summed E-state index contributed by atoms with van der Waals surface area (Å²) >= 11 is 0. The van der Waals surface area contributed by atoms with Gasteiger partial charge in [0.25, 0.3) is 0 Å². The van der Waals surface area contributed by atoms with Crippen LogP contribution < -0.4 is 14.8 Å². The Kier molecular flexibility index (Phi) is 11.0. The molecule has 6 heteroatoms. The number of carbonyl (C=O) groups excluding carboxylic acids is 2. The first-order chi connectivity index (χ1) is 18.0. The predicted octanol–water partition coefficient (Wildman–Crippen LogP) is 5.41. The summed E-state index contributed by atoms with van der Waals surface area (Å²) in [5.74, 6) is 1.29. The fraction of sp³-hybridized carbons (Fsp3) is 0.355. The highest BCUT2D eigenvalue weighted by Crippen LogP contribution is 2.19. The van der Waals surface area contributed by atoms with Crippen LogP contribution in [-0.2, 0) is 22.6 Å². The summed E-state index contributed by atoms with van der Waals surface area (Å²) in [6.07, 6.45) is 2.09. The number of ether oxygens (including phenoxy) is 2. The molecule has 0 fully saturated rings. The second-order valence-corrected chi connectivity index (χ2v) is 9.16. The summed E-state index contributed by atoms with van der Waals surface area (Å²) in [6, 6.07) is 26.5. The van der Waals surface area contributed by atoms with Gasteiger partial charge in [0.1, 0.15) is 17.5 Å². The van der Waals surface area contributed by atoms with Crippen molar-refractivity contribution in [1.29, 1.82) is 0 Å². The molecule has 37 heavy (non-hydrogen) atoms. The number of hydrogen-bond donors (Lipinski definition) is 1. The Hall–Kier alpha value is -3.80. The van der Waals surface area contributed by atoms with Gasteiger partial charge < -0.3 is 19.7 Å². The SMILES string of the molecule is CC[C@@H](C)NC(=O)[C@H](Cc1ccccc1)N(Cc1ccccc1)C(=O)CCCOc1ccc(OC)cc1. The van der Waals surface area contributed by atoms with Gasteiger partial charge in [-0.3, -0.25) is 9.59 Å². The van der Waals surface area contributed by atoms with E-state index >= 15 is 0 Å². The molecule has 0 bridgehead atoms. The Morgan fingerprint density at radius 1 is 0.865 bits per heavy atom. The molecule has 0 saturated heterocycles. The molecule has 2 atom stereocenters. The highest BCUT2D eigenvalue weighted by molar-refractivity contribution is 5.88. The normalized spacial score (nSPS) is 12.3. The topological polar surface area (TPSA) is 67.9 Å². The Morgan fingerprint density at radius 2 is 1.46 bits per heavy atom. The average molecular weight is 503 g/mol. The first kappa shape index (κ1) is 27.8. The Balaban J connectivity index is 1.75. The summed E-state index contributed by atoms with van der Waals surface area (Å²) in [6.45, 7) is 4.79. The van der Waals surface area contributed by atoms with Gasteiger partial charge in [-0.1, -0.05) is 67.6 Å². The van der Waals surface area contributed by atoms with Crippen LogP contribution in [0.4, 0.5) is 0 Å². The van der Waals surface area contributed by atoms with E-state index in [0.717, 1.165) is 29.0 Å². The number of nitrogens with zero attached hydrogens (tertiary/aromatic N) is 1. The zero-order valence-electron chi connectivity index (χ0n) is 22.1. The highest BCUT2D eigenvalue weighted by atomic mass is 16.5. The molecule has 6 nitrogen and oxygen atoms in total. The molecule has 2 amide bonds. The number of amides is 2. The largest absolute Gasteiger partial charge is 0.497 e. The standard InChI is InChI=1S/C31H38N2O4/c1-4-24(2)32-31(35)29(22-25-12-7-5-8-13-25)33(23-26-14-9-6-10-15-26)30(34)16-11-21-37-28-19-17-27(36-3)18-20-28/h5-10,12-15,17-20,24,29H,4,11,16,21-23H2,1-3H3,(H,32,35)/t24-,29+/m1/s1. The van der Waals surface area contributed by atoms with Crippen LogP contribution in [0.25, 0.3) is 0 Å². The molecular weight excluding hydrogens is 464 g/mol. The smallest absolute Gasteiger partial charge is 0.243 e. The lowest BCUT2D eigenvalue weighted by atomic mass is 10.0. The lowest BCUT2D eigenvalue weighted by Gasteiger charge is -2.32. The molecule has 3 aromatic carbocycles. The third-order valence-electron chi connectivity index (χ3n) is 6.33.